The van der Waals surface area contributed by atoms with E-state index < -0.39 is 5.92 Å². The average molecular weight is 434 g/mol. The molecule has 2 aliphatic rings. The number of pyridine rings is 1. The van der Waals surface area contributed by atoms with Crippen molar-refractivity contribution in [1.29, 1.82) is 0 Å². The molecule has 2 heterocycles. The van der Waals surface area contributed by atoms with Crippen LogP contribution in [0, 0.1) is 5.92 Å². The summed E-state index contributed by atoms with van der Waals surface area (Å²) >= 11 is 6.36. The fourth-order valence-electron chi connectivity index (χ4n) is 4.22. The molecule has 0 saturated heterocycles. The number of aromatic nitrogens is 1. The standard InChI is InChI=1S/C23H26ClF2N3O/c1-29-12-8-16(9-13-29)19-4-2-17-20(28-19)5-3-18(24)21(17)22(30)27-14-15-6-10-23(25,26)11-7-15/h2-5,8,15H,6-7,9-14H2,1H3,(H,27,30). The number of hydrogen-bond donors (Lipinski definition) is 1. The largest absolute Gasteiger partial charge is 0.352 e. The van der Waals surface area contributed by atoms with E-state index in [1.54, 1.807) is 6.07 Å². The highest BCUT2D eigenvalue weighted by Gasteiger charge is 2.35. The summed E-state index contributed by atoms with van der Waals surface area (Å²) in [7, 11) is 2.09. The molecule has 1 aromatic carbocycles. The highest BCUT2D eigenvalue weighted by molar-refractivity contribution is 6.35. The van der Waals surface area contributed by atoms with E-state index in [1.165, 1.54) is 5.57 Å². The Bertz CT molecular complexity index is 982. The number of halogens is 3. The lowest BCUT2D eigenvalue weighted by Crippen LogP contribution is -2.34. The fourth-order valence-corrected chi connectivity index (χ4v) is 4.47. The molecule has 1 saturated carbocycles. The predicted molar refractivity (Wildman–Crippen MR) is 116 cm³/mol. The van der Waals surface area contributed by atoms with E-state index in [0.717, 1.165) is 30.7 Å². The van der Waals surface area contributed by atoms with Gasteiger partial charge in [0.25, 0.3) is 5.91 Å². The molecule has 0 spiro atoms. The number of fused-ring (bicyclic) bond motifs is 1. The van der Waals surface area contributed by atoms with E-state index in [-0.39, 0.29) is 24.7 Å². The van der Waals surface area contributed by atoms with E-state index in [2.05, 4.69) is 23.3 Å². The first-order chi connectivity index (χ1) is 14.3. The number of nitrogens with one attached hydrogen (secondary N) is 1. The van der Waals surface area contributed by atoms with Crippen LogP contribution in [-0.4, -0.2) is 48.4 Å². The predicted octanol–water partition coefficient (Wildman–Crippen LogP) is 5.16. The van der Waals surface area contributed by atoms with E-state index in [9.17, 15) is 13.6 Å². The lowest BCUT2D eigenvalue weighted by molar-refractivity contribution is -0.0452. The second-order valence-electron chi connectivity index (χ2n) is 8.44. The minimum Gasteiger partial charge on any atom is -0.352 e. The first kappa shape index (κ1) is 21.2. The van der Waals surface area contributed by atoms with Crippen LogP contribution in [0.3, 0.4) is 0 Å². The molecule has 30 heavy (non-hydrogen) atoms. The van der Waals surface area contributed by atoms with E-state index in [4.69, 9.17) is 16.6 Å². The number of hydrogen-bond acceptors (Lipinski definition) is 3. The zero-order chi connectivity index (χ0) is 21.3. The molecule has 1 amide bonds. The van der Waals surface area contributed by atoms with Crippen LogP contribution in [0.1, 0.15) is 48.2 Å². The van der Waals surface area contributed by atoms with Gasteiger partial charge >= 0.3 is 0 Å². The fraction of sp³-hybridized carbons (Fsp3) is 0.478. The van der Waals surface area contributed by atoms with E-state index in [1.807, 2.05) is 18.2 Å². The van der Waals surface area contributed by atoms with Gasteiger partial charge in [-0.25, -0.2) is 13.8 Å². The summed E-state index contributed by atoms with van der Waals surface area (Å²) in [6, 6.07) is 7.37. The Kier molecular flexibility index (Phi) is 6.07. The number of carbonyl (C=O) groups is 1. The maximum Gasteiger partial charge on any atom is 0.253 e. The van der Waals surface area contributed by atoms with Crippen molar-refractivity contribution >= 4 is 34.0 Å². The van der Waals surface area contributed by atoms with Crippen LogP contribution >= 0.6 is 11.6 Å². The summed E-state index contributed by atoms with van der Waals surface area (Å²) in [4.78, 5) is 19.9. The zero-order valence-corrected chi connectivity index (χ0v) is 17.8. The van der Waals surface area contributed by atoms with Crippen molar-refractivity contribution < 1.29 is 13.6 Å². The van der Waals surface area contributed by atoms with Gasteiger partial charge in [-0.3, -0.25) is 4.79 Å². The third-order valence-corrected chi connectivity index (χ3v) is 6.49. The van der Waals surface area contributed by atoms with Crippen LogP contribution in [0.15, 0.2) is 30.3 Å². The van der Waals surface area contributed by atoms with Crippen molar-refractivity contribution in [2.45, 2.75) is 38.0 Å². The smallest absolute Gasteiger partial charge is 0.253 e. The topological polar surface area (TPSA) is 45.2 Å². The second-order valence-corrected chi connectivity index (χ2v) is 8.84. The summed E-state index contributed by atoms with van der Waals surface area (Å²) in [5.41, 5.74) is 3.25. The molecule has 0 radical (unpaired) electrons. The van der Waals surface area contributed by atoms with Crippen LogP contribution in [0.25, 0.3) is 16.5 Å². The maximum atomic E-state index is 13.3. The molecule has 160 valence electrons. The van der Waals surface area contributed by atoms with Crippen LogP contribution < -0.4 is 5.32 Å². The van der Waals surface area contributed by atoms with Crippen molar-refractivity contribution in [3.05, 3.63) is 46.6 Å². The summed E-state index contributed by atoms with van der Waals surface area (Å²) in [5, 5.41) is 3.96. The van der Waals surface area contributed by atoms with Gasteiger partial charge in [-0.1, -0.05) is 17.7 Å². The van der Waals surface area contributed by atoms with Crippen LogP contribution in [0.5, 0.6) is 0 Å². The van der Waals surface area contributed by atoms with Gasteiger partial charge in [-0.2, -0.15) is 0 Å². The third kappa shape index (κ3) is 4.65. The molecule has 0 atom stereocenters. The van der Waals surface area contributed by atoms with Crippen molar-refractivity contribution in [3.63, 3.8) is 0 Å². The van der Waals surface area contributed by atoms with Gasteiger partial charge < -0.3 is 10.2 Å². The highest BCUT2D eigenvalue weighted by Crippen LogP contribution is 2.36. The molecule has 4 nitrogen and oxygen atoms in total. The lowest BCUT2D eigenvalue weighted by Gasteiger charge is -2.28. The average Bonchev–Trinajstić information content (AvgIpc) is 2.73. The molecule has 0 bridgehead atoms. The Morgan fingerprint density at radius 2 is 2.03 bits per heavy atom. The first-order valence-electron chi connectivity index (χ1n) is 10.5. The van der Waals surface area contributed by atoms with Gasteiger partial charge in [-0.15, -0.1) is 0 Å². The number of likely N-dealkylation sites (N-methyl/N-ethyl adjacent to an activating group) is 1. The Hall–Kier alpha value is -2.05. The Balaban J connectivity index is 1.52. The molecule has 2 aromatic rings. The van der Waals surface area contributed by atoms with Gasteiger partial charge in [0.15, 0.2) is 0 Å². The molecule has 1 N–H and O–H groups in total. The normalized spacial score (nSPS) is 20.2. The molecular weight excluding hydrogens is 408 g/mol. The lowest BCUT2D eigenvalue weighted by atomic mass is 9.87. The number of amides is 1. The van der Waals surface area contributed by atoms with Crippen molar-refractivity contribution in [1.82, 2.24) is 15.2 Å². The Morgan fingerprint density at radius 1 is 1.27 bits per heavy atom. The quantitative estimate of drug-likeness (QED) is 0.724. The van der Waals surface area contributed by atoms with Gasteiger partial charge in [0.1, 0.15) is 0 Å². The van der Waals surface area contributed by atoms with Crippen molar-refractivity contribution in [3.8, 4) is 0 Å². The number of benzene rings is 1. The number of nitrogens with zero attached hydrogens (tertiary/aromatic N) is 2. The number of rotatable bonds is 4. The summed E-state index contributed by atoms with van der Waals surface area (Å²) < 4.78 is 26.7. The minimum absolute atomic E-state index is 0.0726. The van der Waals surface area contributed by atoms with Gasteiger partial charge in [-0.05, 0) is 62.1 Å². The van der Waals surface area contributed by atoms with Crippen LogP contribution in [0.4, 0.5) is 8.78 Å². The SMILES string of the molecule is CN1CC=C(c2ccc3c(C(=O)NCC4CCC(F)(F)CC4)c(Cl)ccc3n2)CC1. The molecule has 0 unspecified atom stereocenters. The first-order valence-corrected chi connectivity index (χ1v) is 10.8. The molecule has 1 aliphatic carbocycles. The Labute approximate surface area is 180 Å². The molecule has 1 aromatic heterocycles. The monoisotopic (exact) mass is 433 g/mol. The highest BCUT2D eigenvalue weighted by atomic mass is 35.5. The summed E-state index contributed by atoms with van der Waals surface area (Å²) in [6.45, 7) is 2.27. The van der Waals surface area contributed by atoms with Gasteiger partial charge in [0.2, 0.25) is 5.92 Å². The molecule has 4 rings (SSSR count). The molecular formula is C23H26ClF2N3O. The second kappa shape index (κ2) is 8.60. The van der Waals surface area contributed by atoms with Crippen molar-refractivity contribution in [2.24, 2.45) is 5.92 Å². The van der Waals surface area contributed by atoms with Crippen LogP contribution in [0.2, 0.25) is 5.02 Å². The number of alkyl halides is 2. The Morgan fingerprint density at radius 3 is 2.73 bits per heavy atom. The number of carbonyl (C=O) groups excluding carboxylic acids is 1. The molecule has 1 aliphatic heterocycles. The van der Waals surface area contributed by atoms with Crippen LogP contribution in [-0.2, 0) is 0 Å². The minimum atomic E-state index is -2.56. The summed E-state index contributed by atoms with van der Waals surface area (Å²) in [5.74, 6) is -2.77. The van der Waals surface area contributed by atoms with Crippen molar-refractivity contribution in [2.75, 3.05) is 26.7 Å². The van der Waals surface area contributed by atoms with Gasteiger partial charge in [0, 0.05) is 37.9 Å². The van der Waals surface area contributed by atoms with E-state index >= 15 is 0 Å². The molecule has 1 fully saturated rings. The summed E-state index contributed by atoms with van der Waals surface area (Å²) in [6.07, 6.45) is 3.75. The van der Waals surface area contributed by atoms with Gasteiger partial charge in [0.05, 0.1) is 21.8 Å². The third-order valence-electron chi connectivity index (χ3n) is 6.18. The molecule has 7 heteroatoms. The zero-order valence-electron chi connectivity index (χ0n) is 17.1. The maximum absolute atomic E-state index is 13.3. The van der Waals surface area contributed by atoms with E-state index in [0.29, 0.717) is 35.4 Å².